The summed E-state index contributed by atoms with van der Waals surface area (Å²) in [7, 11) is 1.60. The van der Waals surface area contributed by atoms with E-state index in [1.165, 1.54) is 4.90 Å². The lowest BCUT2D eigenvalue weighted by Crippen LogP contribution is -2.37. The number of carbonyl (C=O) groups is 2. The van der Waals surface area contributed by atoms with Crippen LogP contribution in [0.1, 0.15) is 36.9 Å². The molecule has 2 heterocycles. The summed E-state index contributed by atoms with van der Waals surface area (Å²) in [6.45, 7) is 4.64. The second-order valence-corrected chi connectivity index (χ2v) is 9.12. The summed E-state index contributed by atoms with van der Waals surface area (Å²) in [5, 5.41) is 1.69. The maximum Gasteiger partial charge on any atom is 0.266 e. The zero-order chi connectivity index (χ0) is 25.2. The van der Waals surface area contributed by atoms with Gasteiger partial charge in [-0.3, -0.25) is 14.4 Å². The molecule has 5 rings (SSSR count). The van der Waals surface area contributed by atoms with Crippen LogP contribution in [-0.4, -0.2) is 31.6 Å². The van der Waals surface area contributed by atoms with E-state index in [-0.39, 0.29) is 11.8 Å². The summed E-state index contributed by atoms with van der Waals surface area (Å²) in [5.41, 5.74) is 3.10. The van der Waals surface area contributed by atoms with Crippen molar-refractivity contribution in [1.29, 1.82) is 0 Å². The third-order valence-electron chi connectivity index (χ3n) is 6.67. The Morgan fingerprint density at radius 3 is 2.39 bits per heavy atom. The van der Waals surface area contributed by atoms with Gasteiger partial charge in [0.2, 0.25) is 5.91 Å². The quantitative estimate of drug-likeness (QED) is 0.321. The number of imide groups is 1. The Bertz CT molecular complexity index is 1260. The molecule has 7 heteroatoms. The zero-order valence-electron chi connectivity index (χ0n) is 20.7. The van der Waals surface area contributed by atoms with Crippen molar-refractivity contribution in [2.75, 3.05) is 23.7 Å². The number of methoxy groups -OCH3 is 1. The number of hydrogen-bond acceptors (Lipinski definition) is 6. The fourth-order valence-electron chi connectivity index (χ4n) is 4.89. The number of nitrogens with zero attached hydrogens (tertiary/aromatic N) is 2. The average Bonchev–Trinajstić information content (AvgIpc) is 3.40. The van der Waals surface area contributed by atoms with E-state index in [9.17, 15) is 9.59 Å². The molecular formula is C29H30N2O5. The number of unbranched alkanes of at least 4 members (excludes halogenated alkanes) is 1. The van der Waals surface area contributed by atoms with Crippen LogP contribution in [0.4, 0.5) is 11.4 Å². The van der Waals surface area contributed by atoms with Crippen LogP contribution in [0.3, 0.4) is 0 Å². The highest BCUT2D eigenvalue weighted by Crippen LogP contribution is 2.48. The lowest BCUT2D eigenvalue weighted by molar-refractivity contribution is -0.126. The molecule has 2 fully saturated rings. The second kappa shape index (κ2) is 10.0. The Kier molecular flexibility index (Phi) is 6.65. The minimum absolute atomic E-state index is 0.277. The van der Waals surface area contributed by atoms with E-state index in [1.54, 1.807) is 18.2 Å². The van der Waals surface area contributed by atoms with Crippen molar-refractivity contribution in [3.63, 3.8) is 0 Å². The summed E-state index contributed by atoms with van der Waals surface area (Å²) >= 11 is 0. The molecule has 7 nitrogen and oxygen atoms in total. The van der Waals surface area contributed by atoms with Gasteiger partial charge in [0, 0.05) is 0 Å². The van der Waals surface area contributed by atoms with Gasteiger partial charge in [-0.2, -0.15) is 0 Å². The molecule has 3 aromatic rings. The van der Waals surface area contributed by atoms with Crippen LogP contribution in [0.5, 0.6) is 11.5 Å². The highest BCUT2D eigenvalue weighted by Gasteiger charge is 2.60. The maximum absolute atomic E-state index is 13.8. The first-order valence-electron chi connectivity index (χ1n) is 12.3. The summed E-state index contributed by atoms with van der Waals surface area (Å²) in [6.07, 6.45) is 1.05. The lowest BCUT2D eigenvalue weighted by Gasteiger charge is -2.29. The SMILES string of the molecule is CCCCOc1ccc([C@@H]2[C@H]3C(=O)N(c4cccc(C)c4)C(=O)[C@@H]3ON2c2ccccc2)cc1OC. The van der Waals surface area contributed by atoms with E-state index in [4.69, 9.17) is 14.3 Å². The molecule has 186 valence electrons. The summed E-state index contributed by atoms with van der Waals surface area (Å²) in [4.78, 5) is 34.8. The van der Waals surface area contributed by atoms with Crippen LogP contribution in [-0.2, 0) is 14.4 Å². The molecule has 2 amide bonds. The number of carbonyl (C=O) groups excluding carboxylic acids is 2. The van der Waals surface area contributed by atoms with Crippen LogP contribution < -0.4 is 19.4 Å². The van der Waals surface area contributed by atoms with Crippen molar-refractivity contribution in [3.05, 3.63) is 83.9 Å². The molecule has 3 atom stereocenters. The smallest absolute Gasteiger partial charge is 0.266 e. The van der Waals surface area contributed by atoms with Crippen LogP contribution in [0.2, 0.25) is 0 Å². The molecule has 0 bridgehead atoms. The Morgan fingerprint density at radius 1 is 0.889 bits per heavy atom. The molecule has 0 aliphatic carbocycles. The molecule has 0 saturated carbocycles. The van der Waals surface area contributed by atoms with Crippen molar-refractivity contribution in [2.24, 2.45) is 5.92 Å². The first-order chi connectivity index (χ1) is 17.5. The summed E-state index contributed by atoms with van der Waals surface area (Å²) in [6, 6.07) is 22.0. The average molecular weight is 487 g/mol. The number of hydrogen-bond donors (Lipinski definition) is 0. The minimum atomic E-state index is -0.922. The minimum Gasteiger partial charge on any atom is -0.493 e. The number of aryl methyl sites for hydroxylation is 1. The molecule has 0 aromatic heterocycles. The standard InChI is InChI=1S/C29H30N2O5/c1-4-5-16-35-23-15-14-20(18-24(23)34-3)26-25-27(36-31(26)21-11-7-6-8-12-21)29(33)30(28(25)32)22-13-9-10-19(2)17-22/h6-15,17-18,25-27H,4-5,16H2,1-3H3/t25-,26-,27-/m1/s1. The van der Waals surface area contributed by atoms with Gasteiger partial charge >= 0.3 is 0 Å². The van der Waals surface area contributed by atoms with Crippen molar-refractivity contribution < 1.29 is 23.9 Å². The van der Waals surface area contributed by atoms with E-state index in [2.05, 4.69) is 6.92 Å². The van der Waals surface area contributed by atoms with Crippen molar-refractivity contribution in [3.8, 4) is 11.5 Å². The number of amides is 2. The number of benzene rings is 3. The van der Waals surface area contributed by atoms with Crippen LogP contribution in [0, 0.1) is 12.8 Å². The molecule has 36 heavy (non-hydrogen) atoms. The van der Waals surface area contributed by atoms with E-state index >= 15 is 0 Å². The highest BCUT2D eigenvalue weighted by atomic mass is 16.7. The first-order valence-corrected chi connectivity index (χ1v) is 12.3. The van der Waals surface area contributed by atoms with Crippen molar-refractivity contribution >= 4 is 23.2 Å². The monoisotopic (exact) mass is 486 g/mol. The summed E-state index contributed by atoms with van der Waals surface area (Å²) < 4.78 is 11.5. The third kappa shape index (κ3) is 4.20. The van der Waals surface area contributed by atoms with Gasteiger partial charge < -0.3 is 9.47 Å². The number of ether oxygens (including phenoxy) is 2. The van der Waals surface area contributed by atoms with Crippen molar-refractivity contribution in [1.82, 2.24) is 0 Å². The van der Waals surface area contributed by atoms with E-state index < -0.39 is 18.1 Å². The number of anilines is 2. The van der Waals surface area contributed by atoms with Gasteiger partial charge in [0.1, 0.15) is 5.92 Å². The van der Waals surface area contributed by atoms with Gasteiger partial charge in [-0.1, -0.05) is 49.7 Å². The van der Waals surface area contributed by atoms with Gasteiger partial charge in [0.15, 0.2) is 17.6 Å². The molecule has 2 aliphatic heterocycles. The largest absolute Gasteiger partial charge is 0.493 e. The topological polar surface area (TPSA) is 68.3 Å². The second-order valence-electron chi connectivity index (χ2n) is 9.12. The highest BCUT2D eigenvalue weighted by molar-refractivity contribution is 6.24. The molecule has 2 saturated heterocycles. The number of rotatable bonds is 8. The fourth-order valence-corrected chi connectivity index (χ4v) is 4.89. The van der Waals surface area contributed by atoms with Gasteiger partial charge in [0.05, 0.1) is 31.1 Å². The van der Waals surface area contributed by atoms with E-state index in [0.717, 1.165) is 29.7 Å². The van der Waals surface area contributed by atoms with Gasteiger partial charge in [0.25, 0.3) is 5.91 Å². The fraction of sp³-hybridized carbons (Fsp3) is 0.310. The van der Waals surface area contributed by atoms with E-state index in [1.807, 2.05) is 73.7 Å². The van der Waals surface area contributed by atoms with Crippen molar-refractivity contribution in [2.45, 2.75) is 38.8 Å². The predicted molar refractivity (Wildman–Crippen MR) is 137 cm³/mol. The molecule has 0 spiro atoms. The molecule has 0 N–H and O–H groups in total. The molecule has 0 radical (unpaired) electrons. The maximum atomic E-state index is 13.8. The van der Waals surface area contributed by atoms with Gasteiger partial charge in [-0.05, 0) is 60.9 Å². The van der Waals surface area contributed by atoms with Gasteiger partial charge in [-0.15, -0.1) is 0 Å². The predicted octanol–water partition coefficient (Wildman–Crippen LogP) is 5.23. The Hall–Kier alpha value is -3.84. The number of fused-ring (bicyclic) bond motifs is 1. The lowest BCUT2D eigenvalue weighted by atomic mass is 9.90. The number of hydroxylamine groups is 1. The van der Waals surface area contributed by atoms with E-state index in [0.29, 0.717) is 23.8 Å². The zero-order valence-corrected chi connectivity index (χ0v) is 20.7. The van der Waals surface area contributed by atoms with Gasteiger partial charge in [-0.25, -0.2) is 9.96 Å². The van der Waals surface area contributed by atoms with Crippen LogP contribution >= 0.6 is 0 Å². The van der Waals surface area contributed by atoms with Crippen LogP contribution in [0.25, 0.3) is 0 Å². The Balaban J connectivity index is 1.55. The third-order valence-corrected chi connectivity index (χ3v) is 6.67. The molecular weight excluding hydrogens is 456 g/mol. The van der Waals surface area contributed by atoms with Crippen LogP contribution in [0.15, 0.2) is 72.8 Å². The normalized spacial score (nSPS) is 21.1. The number of para-hydroxylation sites is 1. The first kappa shape index (κ1) is 23.9. The Morgan fingerprint density at radius 2 is 1.67 bits per heavy atom. The molecule has 2 aliphatic rings. The Labute approximate surface area is 211 Å². The molecule has 3 aromatic carbocycles. The summed E-state index contributed by atoms with van der Waals surface area (Å²) in [5.74, 6) is -0.124. The molecule has 0 unspecified atom stereocenters.